The van der Waals surface area contributed by atoms with Gasteiger partial charge < -0.3 is 0 Å². The summed E-state index contributed by atoms with van der Waals surface area (Å²) in [4.78, 5) is 0.304. The minimum Gasteiger partial charge on any atom is -0.275 e. The van der Waals surface area contributed by atoms with Crippen LogP contribution in [0.25, 0.3) is 0 Å². The van der Waals surface area contributed by atoms with Gasteiger partial charge in [0.05, 0.1) is 17.1 Å². The Bertz CT molecular complexity index is 789. The van der Waals surface area contributed by atoms with Gasteiger partial charge in [-0.1, -0.05) is 0 Å². The van der Waals surface area contributed by atoms with Crippen molar-refractivity contribution in [3.05, 3.63) is 28.8 Å². The van der Waals surface area contributed by atoms with E-state index in [4.69, 9.17) is 0 Å². The zero-order valence-corrected chi connectivity index (χ0v) is 14.8. The van der Waals surface area contributed by atoms with Crippen molar-refractivity contribution in [2.24, 2.45) is 7.05 Å². The summed E-state index contributed by atoms with van der Waals surface area (Å²) < 4.78 is 30.5. The molecule has 2 rings (SSSR count). The van der Waals surface area contributed by atoms with E-state index in [2.05, 4.69) is 10.2 Å². The normalized spacial score (nSPS) is 12.3. The molecule has 0 fully saturated rings. The Morgan fingerprint density at radius 2 is 1.82 bits per heavy atom. The summed E-state index contributed by atoms with van der Waals surface area (Å²) in [5.74, 6) is 0. The van der Waals surface area contributed by atoms with E-state index in [1.807, 2.05) is 27.1 Å². The highest BCUT2D eigenvalue weighted by atomic mass is 32.2. The molecule has 0 amide bonds. The molecule has 2 aromatic rings. The van der Waals surface area contributed by atoms with Crippen LogP contribution in [-0.2, 0) is 30.2 Å². The van der Waals surface area contributed by atoms with Crippen LogP contribution >= 0.6 is 0 Å². The second kappa shape index (κ2) is 5.85. The van der Waals surface area contributed by atoms with E-state index >= 15 is 0 Å². The predicted octanol–water partition coefficient (Wildman–Crippen LogP) is 1.38. The molecule has 0 spiro atoms. The summed E-state index contributed by atoms with van der Waals surface area (Å²) in [7, 11) is -0.171. The first kappa shape index (κ1) is 16.7. The number of sulfonamides is 1. The summed E-state index contributed by atoms with van der Waals surface area (Å²) in [6.45, 7) is 8.28. The molecule has 0 unspecified atom stereocenters. The van der Waals surface area contributed by atoms with Crippen LogP contribution in [0.1, 0.15) is 29.6 Å². The second-order valence-corrected chi connectivity index (χ2v) is 7.47. The van der Waals surface area contributed by atoms with Crippen molar-refractivity contribution in [3.8, 4) is 0 Å². The fraction of sp³-hybridized carbons (Fsp3) is 0.571. The largest absolute Gasteiger partial charge is 0.275 e. The summed E-state index contributed by atoms with van der Waals surface area (Å²) >= 11 is 0. The Balaban J connectivity index is 2.38. The molecule has 0 bridgehead atoms. The first-order valence-corrected chi connectivity index (χ1v) is 8.62. The van der Waals surface area contributed by atoms with Gasteiger partial charge in [-0.25, -0.2) is 8.42 Å². The van der Waals surface area contributed by atoms with E-state index in [1.54, 1.807) is 30.3 Å². The molecular formula is C14H23N5O2S. The molecule has 0 saturated carbocycles. The van der Waals surface area contributed by atoms with Crippen LogP contribution in [0.3, 0.4) is 0 Å². The zero-order chi connectivity index (χ0) is 16.7. The maximum absolute atomic E-state index is 12.9. The predicted molar refractivity (Wildman–Crippen MR) is 84.0 cm³/mol. The number of nitrogens with zero attached hydrogens (tertiary/aromatic N) is 5. The molecular weight excluding hydrogens is 302 g/mol. The third-order valence-corrected chi connectivity index (χ3v) is 5.85. The third-order valence-electron chi connectivity index (χ3n) is 3.79. The average molecular weight is 325 g/mol. The van der Waals surface area contributed by atoms with Gasteiger partial charge in [-0.2, -0.15) is 14.5 Å². The molecule has 0 saturated heterocycles. The van der Waals surface area contributed by atoms with E-state index in [1.165, 1.54) is 4.31 Å². The lowest BCUT2D eigenvalue weighted by molar-refractivity contribution is 0.464. The van der Waals surface area contributed by atoms with Crippen molar-refractivity contribution in [3.63, 3.8) is 0 Å². The van der Waals surface area contributed by atoms with Crippen molar-refractivity contribution in [1.29, 1.82) is 0 Å². The average Bonchev–Trinajstić information content (AvgIpc) is 2.88. The van der Waals surface area contributed by atoms with Gasteiger partial charge in [0.15, 0.2) is 0 Å². The van der Waals surface area contributed by atoms with E-state index < -0.39 is 10.0 Å². The maximum atomic E-state index is 12.9. The van der Waals surface area contributed by atoms with Gasteiger partial charge in [0.2, 0.25) is 10.0 Å². The second-order valence-electron chi connectivity index (χ2n) is 5.49. The van der Waals surface area contributed by atoms with Crippen LogP contribution in [-0.4, -0.2) is 39.3 Å². The molecule has 122 valence electrons. The lowest BCUT2D eigenvalue weighted by atomic mass is 10.3. The molecule has 0 aromatic carbocycles. The van der Waals surface area contributed by atoms with Crippen molar-refractivity contribution in [2.45, 2.75) is 45.7 Å². The van der Waals surface area contributed by atoms with Gasteiger partial charge in [-0.15, -0.1) is 0 Å². The molecule has 0 aliphatic heterocycles. The van der Waals surface area contributed by atoms with E-state index in [9.17, 15) is 8.42 Å². The van der Waals surface area contributed by atoms with Gasteiger partial charge >= 0.3 is 0 Å². The molecule has 0 N–H and O–H groups in total. The van der Waals surface area contributed by atoms with E-state index in [-0.39, 0.29) is 6.54 Å². The third kappa shape index (κ3) is 2.80. The molecule has 2 aromatic heterocycles. The van der Waals surface area contributed by atoms with Crippen LogP contribution in [0, 0.1) is 20.8 Å². The monoisotopic (exact) mass is 325 g/mol. The molecule has 0 aliphatic rings. The van der Waals surface area contributed by atoms with E-state index in [0.29, 0.717) is 22.8 Å². The molecule has 2 heterocycles. The SMILES string of the molecule is CCn1nc(C)c(S(=O)(=O)N(C)Cc2cn(C)nc2C)c1C. The standard InChI is InChI=1S/C14H23N5O2S/c1-7-19-12(4)14(11(3)16-19)22(20,21)18(6)9-13-8-17(5)15-10(13)2/h8H,7,9H2,1-6H3. The fourth-order valence-electron chi connectivity index (χ4n) is 2.65. The Morgan fingerprint density at radius 1 is 1.18 bits per heavy atom. The van der Waals surface area contributed by atoms with Gasteiger partial charge in [-0.3, -0.25) is 9.36 Å². The summed E-state index contributed by atoms with van der Waals surface area (Å²) in [5.41, 5.74) is 2.94. The van der Waals surface area contributed by atoms with Crippen LogP contribution in [0.4, 0.5) is 0 Å². The summed E-state index contributed by atoms with van der Waals surface area (Å²) in [6.07, 6.45) is 1.84. The molecule has 0 aliphatic carbocycles. The van der Waals surface area contributed by atoms with Crippen molar-refractivity contribution in [2.75, 3.05) is 7.05 Å². The summed E-state index contributed by atoms with van der Waals surface area (Å²) in [5, 5.41) is 8.55. The number of aromatic nitrogens is 4. The minimum absolute atomic E-state index is 0.290. The first-order chi connectivity index (χ1) is 10.2. The Hall–Kier alpha value is -1.67. The molecule has 0 radical (unpaired) electrons. The lowest BCUT2D eigenvalue weighted by Gasteiger charge is -2.17. The highest BCUT2D eigenvalue weighted by Gasteiger charge is 2.29. The number of hydrogen-bond donors (Lipinski definition) is 0. The molecule has 8 heteroatoms. The van der Waals surface area contributed by atoms with Crippen LogP contribution in [0.2, 0.25) is 0 Å². The van der Waals surface area contributed by atoms with Crippen LogP contribution in [0.5, 0.6) is 0 Å². The fourth-order valence-corrected chi connectivity index (χ4v) is 4.16. The van der Waals surface area contributed by atoms with Gasteiger partial charge in [0.1, 0.15) is 4.90 Å². The van der Waals surface area contributed by atoms with Gasteiger partial charge in [-0.05, 0) is 27.7 Å². The molecule has 22 heavy (non-hydrogen) atoms. The Morgan fingerprint density at radius 3 is 2.27 bits per heavy atom. The maximum Gasteiger partial charge on any atom is 0.246 e. The van der Waals surface area contributed by atoms with Crippen LogP contribution < -0.4 is 0 Å². The first-order valence-electron chi connectivity index (χ1n) is 7.18. The smallest absolute Gasteiger partial charge is 0.246 e. The lowest BCUT2D eigenvalue weighted by Crippen LogP contribution is -2.27. The highest BCUT2D eigenvalue weighted by molar-refractivity contribution is 7.89. The number of rotatable bonds is 5. The Labute approximate surface area is 131 Å². The van der Waals surface area contributed by atoms with Gasteiger partial charge in [0.25, 0.3) is 0 Å². The van der Waals surface area contributed by atoms with E-state index in [0.717, 1.165) is 11.3 Å². The van der Waals surface area contributed by atoms with Crippen molar-refractivity contribution in [1.82, 2.24) is 23.9 Å². The molecule has 0 atom stereocenters. The van der Waals surface area contributed by atoms with Crippen molar-refractivity contribution < 1.29 is 8.42 Å². The molecule has 7 nitrogen and oxygen atoms in total. The topological polar surface area (TPSA) is 73.0 Å². The van der Waals surface area contributed by atoms with Crippen molar-refractivity contribution >= 4 is 10.0 Å². The minimum atomic E-state index is -3.58. The summed E-state index contributed by atoms with van der Waals surface area (Å²) in [6, 6.07) is 0. The number of hydrogen-bond acceptors (Lipinski definition) is 4. The quantitative estimate of drug-likeness (QED) is 0.832. The number of aryl methyl sites for hydroxylation is 4. The van der Waals surface area contributed by atoms with Crippen LogP contribution in [0.15, 0.2) is 11.1 Å². The van der Waals surface area contributed by atoms with Gasteiger partial charge in [0, 0.05) is 38.9 Å². The highest BCUT2D eigenvalue weighted by Crippen LogP contribution is 2.24. The Kier molecular flexibility index (Phi) is 4.44. The zero-order valence-electron chi connectivity index (χ0n) is 14.0.